The minimum absolute atomic E-state index is 0.00395. The smallest absolute Gasteiger partial charge is 0.412 e. The normalized spacial score (nSPS) is 10.2. The lowest BCUT2D eigenvalue weighted by atomic mass is 10.2. The van der Waals surface area contributed by atoms with Crippen molar-refractivity contribution in [2.24, 2.45) is 0 Å². The zero-order chi connectivity index (χ0) is 15.8. The molecule has 1 N–H and O–H groups in total. The second-order valence-corrected chi connectivity index (χ2v) is 4.25. The zero-order valence-electron chi connectivity index (χ0n) is 11.9. The Morgan fingerprint density at radius 2 is 2.10 bits per heavy atom. The van der Waals surface area contributed by atoms with E-state index in [9.17, 15) is 20.0 Å². The van der Waals surface area contributed by atoms with Gasteiger partial charge in [0.25, 0.3) is 5.69 Å². The van der Waals surface area contributed by atoms with Crippen molar-refractivity contribution in [2.45, 2.75) is 12.8 Å². The number of anilines is 1. The molecule has 8 nitrogen and oxygen atoms in total. The number of carboxylic acid groups (broad SMARTS) is 1. The number of hydrogen-bond donors (Lipinski definition) is 1. The number of ether oxygens (including phenoxy) is 2. The fourth-order valence-electron chi connectivity index (χ4n) is 1.84. The van der Waals surface area contributed by atoms with E-state index in [0.29, 0.717) is 25.2 Å². The van der Waals surface area contributed by atoms with Crippen LogP contribution in [0.5, 0.6) is 5.75 Å². The number of nitrogens with zero attached hydrogens (tertiary/aromatic N) is 2. The largest absolute Gasteiger partial charge is 0.497 e. The predicted octanol–water partition coefficient (Wildman–Crippen LogP) is 2.51. The standard InChI is InChI=1S/C13H18N2O6/c1-20-8-4-3-7-14(13(16)17)12-9-10(21-2)5-6-11(12)15(18)19/h5-6,9H,3-4,7-8H2,1-2H3,(H,16,17). The Bertz CT molecular complexity index is 505. The molecule has 1 rings (SSSR count). The number of unbranched alkanes of at least 4 members (excludes halogenated alkanes) is 1. The van der Waals surface area contributed by atoms with Crippen molar-refractivity contribution in [3.05, 3.63) is 28.3 Å². The van der Waals surface area contributed by atoms with Crippen molar-refractivity contribution in [1.29, 1.82) is 0 Å². The summed E-state index contributed by atoms with van der Waals surface area (Å²) in [5.74, 6) is 0.360. The van der Waals surface area contributed by atoms with Gasteiger partial charge in [0.05, 0.1) is 12.0 Å². The van der Waals surface area contributed by atoms with E-state index in [1.807, 2.05) is 0 Å². The maximum Gasteiger partial charge on any atom is 0.412 e. The van der Waals surface area contributed by atoms with E-state index in [1.54, 1.807) is 7.11 Å². The van der Waals surface area contributed by atoms with Gasteiger partial charge < -0.3 is 14.6 Å². The molecule has 0 fully saturated rings. The van der Waals surface area contributed by atoms with Crippen LogP contribution < -0.4 is 9.64 Å². The molecule has 0 unspecified atom stereocenters. The number of hydrogen-bond acceptors (Lipinski definition) is 5. The highest BCUT2D eigenvalue weighted by molar-refractivity contribution is 5.89. The molecule has 0 spiro atoms. The van der Waals surface area contributed by atoms with Crippen molar-refractivity contribution in [3.8, 4) is 5.75 Å². The van der Waals surface area contributed by atoms with E-state index in [0.717, 1.165) is 4.90 Å². The van der Waals surface area contributed by atoms with Crippen LogP contribution in [0.4, 0.5) is 16.2 Å². The van der Waals surface area contributed by atoms with E-state index < -0.39 is 11.0 Å². The van der Waals surface area contributed by atoms with Crippen molar-refractivity contribution in [1.82, 2.24) is 0 Å². The average molecular weight is 298 g/mol. The summed E-state index contributed by atoms with van der Waals surface area (Å²) in [6, 6.07) is 4.01. The highest BCUT2D eigenvalue weighted by atomic mass is 16.6. The van der Waals surface area contributed by atoms with Crippen LogP contribution in [0, 0.1) is 10.1 Å². The van der Waals surface area contributed by atoms with Crippen LogP contribution in [0.15, 0.2) is 18.2 Å². The van der Waals surface area contributed by atoms with E-state index in [-0.39, 0.29) is 17.9 Å². The van der Waals surface area contributed by atoms with Gasteiger partial charge in [-0.05, 0) is 18.9 Å². The number of amides is 1. The van der Waals surface area contributed by atoms with Gasteiger partial charge in [-0.1, -0.05) is 0 Å². The zero-order valence-corrected chi connectivity index (χ0v) is 11.9. The summed E-state index contributed by atoms with van der Waals surface area (Å²) in [5.41, 5.74) is -0.269. The van der Waals surface area contributed by atoms with Crippen LogP contribution >= 0.6 is 0 Å². The first-order valence-corrected chi connectivity index (χ1v) is 6.33. The van der Waals surface area contributed by atoms with Crippen LogP contribution in [0.2, 0.25) is 0 Å². The number of benzene rings is 1. The Morgan fingerprint density at radius 3 is 2.62 bits per heavy atom. The van der Waals surface area contributed by atoms with Crippen molar-refractivity contribution >= 4 is 17.5 Å². The molecule has 0 aliphatic rings. The molecule has 0 saturated carbocycles. The van der Waals surface area contributed by atoms with E-state index >= 15 is 0 Å². The Hall–Kier alpha value is -2.35. The molecule has 0 aliphatic heterocycles. The average Bonchev–Trinajstić information content (AvgIpc) is 2.46. The summed E-state index contributed by atoms with van der Waals surface area (Å²) in [7, 11) is 2.97. The first-order valence-electron chi connectivity index (χ1n) is 6.33. The Kier molecular flexibility index (Phi) is 6.41. The summed E-state index contributed by atoms with van der Waals surface area (Å²) in [4.78, 5) is 22.8. The van der Waals surface area contributed by atoms with E-state index in [4.69, 9.17) is 9.47 Å². The monoisotopic (exact) mass is 298 g/mol. The quantitative estimate of drug-likeness (QED) is 0.449. The molecule has 0 aromatic heterocycles. The highest BCUT2D eigenvalue weighted by Gasteiger charge is 2.24. The number of nitro groups is 1. The predicted molar refractivity (Wildman–Crippen MR) is 76.1 cm³/mol. The first kappa shape index (κ1) is 16.7. The van der Waals surface area contributed by atoms with Gasteiger partial charge in [-0.25, -0.2) is 4.79 Å². The van der Waals surface area contributed by atoms with Gasteiger partial charge in [-0.3, -0.25) is 15.0 Å². The molecule has 0 saturated heterocycles. The molecular weight excluding hydrogens is 280 g/mol. The molecule has 1 aromatic rings. The maximum absolute atomic E-state index is 11.4. The van der Waals surface area contributed by atoms with Crippen molar-refractivity contribution < 1.29 is 24.3 Å². The third kappa shape index (κ3) is 4.60. The van der Waals surface area contributed by atoms with Gasteiger partial charge in [0.15, 0.2) is 0 Å². The lowest BCUT2D eigenvalue weighted by Gasteiger charge is -2.19. The van der Waals surface area contributed by atoms with Crippen LogP contribution in [0.1, 0.15) is 12.8 Å². The third-order valence-corrected chi connectivity index (χ3v) is 2.88. The van der Waals surface area contributed by atoms with Crippen LogP contribution in [-0.2, 0) is 4.74 Å². The minimum atomic E-state index is -1.25. The molecule has 116 valence electrons. The third-order valence-electron chi connectivity index (χ3n) is 2.88. The summed E-state index contributed by atoms with van der Waals surface area (Å²) in [6.07, 6.45) is -0.0456. The molecular formula is C13H18N2O6. The molecule has 1 aromatic carbocycles. The lowest BCUT2D eigenvalue weighted by molar-refractivity contribution is -0.384. The Labute approximate surface area is 122 Å². The second-order valence-electron chi connectivity index (χ2n) is 4.25. The van der Waals surface area contributed by atoms with E-state index in [2.05, 4.69) is 0 Å². The lowest BCUT2D eigenvalue weighted by Crippen LogP contribution is -2.31. The molecule has 0 bridgehead atoms. The molecule has 21 heavy (non-hydrogen) atoms. The number of rotatable bonds is 8. The summed E-state index contributed by atoms with van der Waals surface area (Å²) >= 11 is 0. The second kappa shape index (κ2) is 8.05. The Balaban J connectivity index is 3.04. The van der Waals surface area contributed by atoms with Crippen LogP contribution in [0.25, 0.3) is 0 Å². The summed E-state index contributed by atoms with van der Waals surface area (Å²) in [5, 5.41) is 20.3. The van der Waals surface area contributed by atoms with Gasteiger partial charge in [0.1, 0.15) is 11.4 Å². The van der Waals surface area contributed by atoms with Crippen molar-refractivity contribution in [3.63, 3.8) is 0 Å². The fraction of sp³-hybridized carbons (Fsp3) is 0.462. The van der Waals surface area contributed by atoms with Gasteiger partial charge in [-0.2, -0.15) is 0 Å². The van der Waals surface area contributed by atoms with Crippen LogP contribution in [0.3, 0.4) is 0 Å². The topological polar surface area (TPSA) is 102 Å². The summed E-state index contributed by atoms with van der Waals surface area (Å²) < 4.78 is 9.89. The maximum atomic E-state index is 11.4. The highest BCUT2D eigenvalue weighted by Crippen LogP contribution is 2.32. The van der Waals surface area contributed by atoms with Gasteiger partial charge in [-0.15, -0.1) is 0 Å². The fourth-order valence-corrected chi connectivity index (χ4v) is 1.84. The SMILES string of the molecule is COCCCCN(C(=O)O)c1cc(OC)ccc1[N+](=O)[O-]. The van der Waals surface area contributed by atoms with Crippen molar-refractivity contribution in [2.75, 3.05) is 32.3 Å². The van der Waals surface area contributed by atoms with Gasteiger partial charge >= 0.3 is 6.09 Å². The van der Waals surface area contributed by atoms with Gasteiger partial charge in [0.2, 0.25) is 0 Å². The first-order chi connectivity index (χ1) is 10.0. The minimum Gasteiger partial charge on any atom is -0.497 e. The van der Waals surface area contributed by atoms with Gasteiger partial charge in [0, 0.05) is 32.4 Å². The number of nitro benzene ring substituents is 1. The molecule has 0 atom stereocenters. The number of carbonyl (C=O) groups is 1. The molecule has 0 aliphatic carbocycles. The Morgan fingerprint density at radius 1 is 1.38 bits per heavy atom. The molecule has 8 heteroatoms. The van der Waals surface area contributed by atoms with Crippen LogP contribution in [-0.4, -0.2) is 43.5 Å². The number of methoxy groups -OCH3 is 2. The molecule has 1 amide bonds. The van der Waals surface area contributed by atoms with E-state index in [1.165, 1.54) is 25.3 Å². The summed E-state index contributed by atoms with van der Waals surface area (Å²) in [6.45, 7) is 0.653. The molecule has 0 radical (unpaired) electrons. The molecule has 0 heterocycles.